The Morgan fingerprint density at radius 3 is 2.88 bits per heavy atom. The van der Waals surface area contributed by atoms with Gasteiger partial charge in [-0.25, -0.2) is 0 Å². The van der Waals surface area contributed by atoms with Crippen molar-refractivity contribution in [2.45, 2.75) is 33.2 Å². The van der Waals surface area contributed by atoms with E-state index in [1.807, 2.05) is 6.07 Å². The number of rotatable bonds is 4. The minimum absolute atomic E-state index is 0.443. The average molecular weight is 233 g/mol. The first-order valence-corrected chi connectivity index (χ1v) is 6.63. The summed E-state index contributed by atoms with van der Waals surface area (Å²) in [4.78, 5) is 0. The van der Waals surface area contributed by atoms with E-state index >= 15 is 0 Å². The molecule has 1 N–H and O–H groups in total. The summed E-state index contributed by atoms with van der Waals surface area (Å²) in [6.45, 7) is 8.69. The molecule has 1 aromatic rings. The lowest BCUT2D eigenvalue weighted by Gasteiger charge is -2.32. The van der Waals surface area contributed by atoms with E-state index < -0.39 is 0 Å². The maximum Gasteiger partial charge on any atom is 0.124 e. The summed E-state index contributed by atoms with van der Waals surface area (Å²) in [6.07, 6.45) is 1.23. The molecule has 1 aliphatic rings. The molecule has 0 aromatic heterocycles. The molecule has 1 aliphatic heterocycles. The second-order valence-electron chi connectivity index (χ2n) is 5.44. The molecule has 2 unspecified atom stereocenters. The van der Waals surface area contributed by atoms with E-state index in [0.29, 0.717) is 12.0 Å². The predicted octanol–water partition coefficient (Wildman–Crippen LogP) is 3.39. The number of ether oxygens (including phenoxy) is 1. The summed E-state index contributed by atoms with van der Waals surface area (Å²) in [5.74, 6) is 2.34. The molecule has 0 amide bonds. The molecule has 0 fully saturated rings. The van der Waals surface area contributed by atoms with Crippen LogP contribution in [-0.2, 0) is 0 Å². The van der Waals surface area contributed by atoms with Crippen molar-refractivity contribution >= 4 is 0 Å². The Bertz CT molecular complexity index is 362. The minimum Gasteiger partial charge on any atom is -0.493 e. The predicted molar refractivity (Wildman–Crippen MR) is 71.3 cm³/mol. The molecule has 0 saturated carbocycles. The normalized spacial score (nSPS) is 23.3. The lowest BCUT2D eigenvalue weighted by molar-refractivity contribution is 0.187. The van der Waals surface area contributed by atoms with Gasteiger partial charge in [0, 0.05) is 17.5 Å². The first kappa shape index (κ1) is 12.4. The van der Waals surface area contributed by atoms with Gasteiger partial charge in [-0.3, -0.25) is 0 Å². The van der Waals surface area contributed by atoms with Gasteiger partial charge in [-0.05, 0) is 24.9 Å². The largest absolute Gasteiger partial charge is 0.493 e. The molecular formula is C15H23NO. The van der Waals surface area contributed by atoms with Gasteiger partial charge in [-0.15, -0.1) is 0 Å². The van der Waals surface area contributed by atoms with Gasteiger partial charge in [0.2, 0.25) is 0 Å². The molecular weight excluding hydrogens is 210 g/mol. The Balaban J connectivity index is 2.05. The highest BCUT2D eigenvalue weighted by atomic mass is 16.5. The van der Waals surface area contributed by atoms with Gasteiger partial charge < -0.3 is 10.1 Å². The van der Waals surface area contributed by atoms with Gasteiger partial charge in [-0.2, -0.15) is 0 Å². The van der Waals surface area contributed by atoms with Crippen molar-refractivity contribution in [3.8, 4) is 5.75 Å². The van der Waals surface area contributed by atoms with Crippen LogP contribution in [0.2, 0.25) is 0 Å². The molecule has 2 rings (SSSR count). The van der Waals surface area contributed by atoms with Crippen LogP contribution in [0.1, 0.15) is 38.8 Å². The van der Waals surface area contributed by atoms with E-state index in [1.54, 1.807) is 0 Å². The summed E-state index contributed by atoms with van der Waals surface area (Å²) in [7, 11) is 0. The molecule has 0 saturated heterocycles. The van der Waals surface area contributed by atoms with E-state index in [0.717, 1.165) is 24.8 Å². The molecule has 2 nitrogen and oxygen atoms in total. The Morgan fingerprint density at radius 1 is 1.35 bits per heavy atom. The average Bonchev–Trinajstić information content (AvgIpc) is 2.32. The van der Waals surface area contributed by atoms with Crippen LogP contribution in [0.4, 0.5) is 0 Å². The van der Waals surface area contributed by atoms with Crippen molar-refractivity contribution in [3.63, 3.8) is 0 Å². The van der Waals surface area contributed by atoms with Gasteiger partial charge in [0.15, 0.2) is 0 Å². The zero-order valence-electron chi connectivity index (χ0n) is 11.1. The van der Waals surface area contributed by atoms with E-state index in [4.69, 9.17) is 4.74 Å². The smallest absolute Gasteiger partial charge is 0.124 e. The third-order valence-electron chi connectivity index (χ3n) is 3.41. The highest BCUT2D eigenvalue weighted by Gasteiger charge is 2.26. The molecule has 0 aliphatic carbocycles. The van der Waals surface area contributed by atoms with Crippen molar-refractivity contribution in [2.24, 2.45) is 11.8 Å². The molecule has 0 spiro atoms. The zero-order valence-corrected chi connectivity index (χ0v) is 11.1. The fourth-order valence-corrected chi connectivity index (χ4v) is 2.33. The van der Waals surface area contributed by atoms with Crippen LogP contribution < -0.4 is 10.1 Å². The number of hydrogen-bond donors (Lipinski definition) is 1. The Morgan fingerprint density at radius 2 is 2.12 bits per heavy atom. The number of nitrogens with one attached hydrogen (secondary N) is 1. The highest BCUT2D eigenvalue weighted by Crippen LogP contribution is 2.34. The molecule has 2 heteroatoms. The lowest BCUT2D eigenvalue weighted by Crippen LogP contribution is -2.34. The molecule has 0 radical (unpaired) electrons. The van der Waals surface area contributed by atoms with Crippen molar-refractivity contribution in [2.75, 3.05) is 13.2 Å². The summed E-state index contributed by atoms with van der Waals surface area (Å²) in [5.41, 5.74) is 1.31. The van der Waals surface area contributed by atoms with Gasteiger partial charge in [0.1, 0.15) is 5.75 Å². The topological polar surface area (TPSA) is 21.3 Å². The minimum atomic E-state index is 0.443. The number of fused-ring (bicyclic) bond motifs is 1. The van der Waals surface area contributed by atoms with Crippen LogP contribution in [0.15, 0.2) is 24.3 Å². The summed E-state index contributed by atoms with van der Waals surface area (Å²) in [5, 5.41) is 3.68. The Labute approximate surface area is 104 Å². The maximum atomic E-state index is 5.75. The van der Waals surface area contributed by atoms with Gasteiger partial charge >= 0.3 is 0 Å². The van der Waals surface area contributed by atoms with E-state index in [-0.39, 0.29) is 0 Å². The molecule has 1 aromatic carbocycles. The third kappa shape index (κ3) is 3.01. The van der Waals surface area contributed by atoms with Crippen LogP contribution in [0.25, 0.3) is 0 Å². The lowest BCUT2D eigenvalue weighted by atomic mass is 9.92. The van der Waals surface area contributed by atoms with Crippen molar-refractivity contribution in [1.29, 1.82) is 0 Å². The molecule has 17 heavy (non-hydrogen) atoms. The van der Waals surface area contributed by atoms with Crippen LogP contribution >= 0.6 is 0 Å². The SMILES string of the molecule is CC(C)CCNC1c2ccccc2OCC1C. The van der Waals surface area contributed by atoms with Crippen LogP contribution in [-0.4, -0.2) is 13.2 Å². The monoisotopic (exact) mass is 233 g/mol. The quantitative estimate of drug-likeness (QED) is 0.860. The van der Waals surface area contributed by atoms with Crippen LogP contribution in [0.5, 0.6) is 5.75 Å². The fraction of sp³-hybridized carbons (Fsp3) is 0.600. The number of benzene rings is 1. The molecule has 94 valence electrons. The van der Waals surface area contributed by atoms with Gasteiger partial charge in [0.25, 0.3) is 0 Å². The van der Waals surface area contributed by atoms with Crippen LogP contribution in [0, 0.1) is 11.8 Å². The van der Waals surface area contributed by atoms with E-state index in [9.17, 15) is 0 Å². The molecule has 1 heterocycles. The van der Waals surface area contributed by atoms with Crippen molar-refractivity contribution < 1.29 is 4.74 Å². The molecule has 0 bridgehead atoms. The first-order valence-electron chi connectivity index (χ1n) is 6.63. The third-order valence-corrected chi connectivity index (χ3v) is 3.41. The fourth-order valence-electron chi connectivity index (χ4n) is 2.33. The number of hydrogen-bond acceptors (Lipinski definition) is 2. The van der Waals surface area contributed by atoms with Crippen LogP contribution in [0.3, 0.4) is 0 Å². The van der Waals surface area contributed by atoms with Gasteiger partial charge in [0.05, 0.1) is 6.61 Å². The summed E-state index contributed by atoms with van der Waals surface area (Å²) >= 11 is 0. The summed E-state index contributed by atoms with van der Waals surface area (Å²) < 4.78 is 5.75. The van der Waals surface area contributed by atoms with Gasteiger partial charge in [-0.1, -0.05) is 39.0 Å². The Hall–Kier alpha value is -1.02. The second kappa shape index (κ2) is 5.54. The zero-order chi connectivity index (χ0) is 12.3. The first-order chi connectivity index (χ1) is 8.18. The molecule has 2 atom stereocenters. The van der Waals surface area contributed by atoms with Crippen molar-refractivity contribution in [1.82, 2.24) is 5.32 Å². The number of para-hydroxylation sites is 1. The summed E-state index contributed by atoms with van der Waals surface area (Å²) in [6, 6.07) is 8.83. The Kier molecular flexibility index (Phi) is 4.06. The van der Waals surface area contributed by atoms with E-state index in [1.165, 1.54) is 12.0 Å². The van der Waals surface area contributed by atoms with Crippen molar-refractivity contribution in [3.05, 3.63) is 29.8 Å². The standard InChI is InChI=1S/C15H23NO/c1-11(2)8-9-16-15-12(3)10-17-14-7-5-4-6-13(14)15/h4-7,11-12,15-16H,8-10H2,1-3H3. The second-order valence-corrected chi connectivity index (χ2v) is 5.44. The highest BCUT2D eigenvalue weighted by molar-refractivity contribution is 5.37. The van der Waals surface area contributed by atoms with E-state index in [2.05, 4.69) is 44.3 Å². The maximum absolute atomic E-state index is 5.75.